The van der Waals surface area contributed by atoms with E-state index in [4.69, 9.17) is 4.74 Å². The van der Waals surface area contributed by atoms with Gasteiger partial charge in [0, 0.05) is 21.6 Å². The first kappa shape index (κ1) is 18.9. The molecule has 0 aliphatic carbocycles. The SMILES string of the molecule is C=C(C(=O)c1ccc(C(F)(F)F)cc1)c1cc(-c2cccs2)ccc1OC. The van der Waals surface area contributed by atoms with Crippen LogP contribution in [0.4, 0.5) is 13.2 Å². The van der Waals surface area contributed by atoms with Gasteiger partial charge in [0.25, 0.3) is 0 Å². The number of halogens is 3. The molecule has 2 nitrogen and oxygen atoms in total. The Morgan fingerprint density at radius 1 is 1.07 bits per heavy atom. The van der Waals surface area contributed by atoms with Crippen molar-refractivity contribution in [2.24, 2.45) is 0 Å². The second-order valence-corrected chi connectivity index (χ2v) is 6.72. The molecule has 138 valence electrons. The van der Waals surface area contributed by atoms with Crippen molar-refractivity contribution in [3.63, 3.8) is 0 Å². The molecule has 1 heterocycles. The lowest BCUT2D eigenvalue weighted by Gasteiger charge is -2.13. The Morgan fingerprint density at radius 2 is 1.78 bits per heavy atom. The zero-order valence-corrected chi connectivity index (χ0v) is 15.2. The largest absolute Gasteiger partial charge is 0.496 e. The zero-order chi connectivity index (χ0) is 19.6. The van der Waals surface area contributed by atoms with Gasteiger partial charge in [0.05, 0.1) is 12.7 Å². The number of hydrogen-bond acceptors (Lipinski definition) is 3. The minimum absolute atomic E-state index is 0.136. The number of carbonyl (C=O) groups is 1. The Kier molecular flexibility index (Phi) is 5.19. The number of benzene rings is 2. The highest BCUT2D eigenvalue weighted by molar-refractivity contribution is 7.13. The Labute approximate surface area is 158 Å². The molecule has 2 aromatic carbocycles. The Hall–Kier alpha value is -2.86. The standard InChI is InChI=1S/C21H15F3O2S/c1-13(20(25)14-5-8-16(9-6-14)21(22,23)24)17-12-15(7-10-18(17)26-2)19-4-3-11-27-19/h3-12H,1H2,2H3. The van der Waals surface area contributed by atoms with Gasteiger partial charge in [-0.1, -0.05) is 24.8 Å². The summed E-state index contributed by atoms with van der Waals surface area (Å²) in [5.74, 6) is 0.0194. The van der Waals surface area contributed by atoms with E-state index < -0.39 is 17.5 Å². The van der Waals surface area contributed by atoms with E-state index in [-0.39, 0.29) is 11.1 Å². The van der Waals surface area contributed by atoms with Gasteiger partial charge in [-0.3, -0.25) is 4.79 Å². The van der Waals surface area contributed by atoms with E-state index in [1.807, 2.05) is 23.6 Å². The molecule has 3 rings (SSSR count). The molecule has 0 saturated heterocycles. The number of carbonyl (C=O) groups excluding carboxylic acids is 1. The third kappa shape index (κ3) is 3.95. The van der Waals surface area contributed by atoms with Gasteiger partial charge in [-0.15, -0.1) is 11.3 Å². The molecule has 0 unspecified atom stereocenters. The Balaban J connectivity index is 1.94. The predicted molar refractivity (Wildman–Crippen MR) is 101 cm³/mol. The highest BCUT2D eigenvalue weighted by Crippen LogP contribution is 2.34. The quantitative estimate of drug-likeness (QED) is 0.377. The number of alkyl halides is 3. The lowest BCUT2D eigenvalue weighted by Crippen LogP contribution is -2.07. The Bertz CT molecular complexity index is 972. The number of ketones is 1. The van der Waals surface area contributed by atoms with E-state index in [9.17, 15) is 18.0 Å². The van der Waals surface area contributed by atoms with Crippen molar-refractivity contribution in [3.8, 4) is 16.2 Å². The highest BCUT2D eigenvalue weighted by Gasteiger charge is 2.30. The second kappa shape index (κ2) is 7.40. The number of methoxy groups -OCH3 is 1. The number of rotatable bonds is 5. The molecule has 0 aliphatic rings. The summed E-state index contributed by atoms with van der Waals surface area (Å²) in [6.07, 6.45) is -4.45. The number of hydrogen-bond donors (Lipinski definition) is 0. The van der Waals surface area contributed by atoms with Crippen LogP contribution in [0.1, 0.15) is 21.5 Å². The molecule has 6 heteroatoms. The van der Waals surface area contributed by atoms with Crippen LogP contribution in [0, 0.1) is 0 Å². The molecular weight excluding hydrogens is 373 g/mol. The van der Waals surface area contributed by atoms with Gasteiger partial charge in [-0.05, 0) is 47.3 Å². The molecule has 0 spiro atoms. The molecule has 0 fully saturated rings. The summed E-state index contributed by atoms with van der Waals surface area (Å²) in [4.78, 5) is 13.8. The molecule has 1 aromatic heterocycles. The van der Waals surface area contributed by atoms with E-state index in [2.05, 4.69) is 6.58 Å². The number of ether oxygens (including phenoxy) is 1. The average Bonchev–Trinajstić information content (AvgIpc) is 3.20. The monoisotopic (exact) mass is 388 g/mol. The average molecular weight is 388 g/mol. The van der Waals surface area contributed by atoms with Crippen molar-refractivity contribution in [2.45, 2.75) is 6.18 Å². The van der Waals surface area contributed by atoms with Crippen molar-refractivity contribution in [1.29, 1.82) is 0 Å². The summed E-state index contributed by atoms with van der Waals surface area (Å²) in [6, 6.07) is 13.4. The normalized spacial score (nSPS) is 11.3. The number of thiophene rings is 1. The fourth-order valence-electron chi connectivity index (χ4n) is 2.65. The lowest BCUT2D eigenvalue weighted by atomic mass is 9.95. The van der Waals surface area contributed by atoms with Crippen molar-refractivity contribution in [3.05, 3.63) is 83.2 Å². The van der Waals surface area contributed by atoms with Gasteiger partial charge in [-0.2, -0.15) is 13.2 Å². The van der Waals surface area contributed by atoms with Gasteiger partial charge in [0.2, 0.25) is 0 Å². The maximum atomic E-state index is 12.7. The molecule has 3 aromatic rings. The number of allylic oxidation sites excluding steroid dienone is 1. The van der Waals surface area contributed by atoms with Crippen LogP contribution < -0.4 is 4.74 Å². The molecule has 0 aliphatic heterocycles. The number of Topliss-reactive ketones (excluding diaryl/α,β-unsaturated/α-hetero) is 1. The van der Waals surface area contributed by atoms with Gasteiger partial charge in [0.15, 0.2) is 5.78 Å². The van der Waals surface area contributed by atoms with Crippen LogP contribution in [0.5, 0.6) is 5.75 Å². The zero-order valence-electron chi connectivity index (χ0n) is 14.3. The first-order chi connectivity index (χ1) is 12.8. The fraction of sp³-hybridized carbons (Fsp3) is 0.0952. The second-order valence-electron chi connectivity index (χ2n) is 5.78. The third-order valence-corrected chi connectivity index (χ3v) is 5.00. The third-order valence-electron chi connectivity index (χ3n) is 4.08. The summed E-state index contributed by atoms with van der Waals surface area (Å²) in [5.41, 5.74) is 0.902. The van der Waals surface area contributed by atoms with E-state index in [1.54, 1.807) is 23.5 Å². The Morgan fingerprint density at radius 3 is 2.33 bits per heavy atom. The maximum absolute atomic E-state index is 12.7. The van der Waals surface area contributed by atoms with E-state index in [1.165, 1.54) is 7.11 Å². The fourth-order valence-corrected chi connectivity index (χ4v) is 3.37. The minimum Gasteiger partial charge on any atom is -0.496 e. The van der Waals surface area contributed by atoms with Crippen molar-refractivity contribution >= 4 is 22.7 Å². The molecule has 0 radical (unpaired) electrons. The molecule has 0 saturated carbocycles. The summed E-state index contributed by atoms with van der Waals surface area (Å²) in [5, 5.41) is 1.95. The van der Waals surface area contributed by atoms with E-state index >= 15 is 0 Å². The van der Waals surface area contributed by atoms with Crippen molar-refractivity contribution < 1.29 is 22.7 Å². The van der Waals surface area contributed by atoms with Gasteiger partial charge in [0.1, 0.15) is 5.75 Å². The van der Waals surface area contributed by atoms with Gasteiger partial charge >= 0.3 is 6.18 Å². The molecular formula is C21H15F3O2S. The summed E-state index contributed by atoms with van der Waals surface area (Å²) in [7, 11) is 1.49. The van der Waals surface area contributed by atoms with Crippen LogP contribution in [0.15, 0.2) is 66.6 Å². The van der Waals surface area contributed by atoms with Crippen LogP contribution in [0.25, 0.3) is 16.0 Å². The minimum atomic E-state index is -4.45. The molecule has 0 bridgehead atoms. The summed E-state index contributed by atoms with van der Waals surface area (Å²) in [6.45, 7) is 3.86. The summed E-state index contributed by atoms with van der Waals surface area (Å²) >= 11 is 1.56. The van der Waals surface area contributed by atoms with Crippen LogP contribution in [0.2, 0.25) is 0 Å². The van der Waals surface area contributed by atoms with Gasteiger partial charge < -0.3 is 4.74 Å². The van der Waals surface area contributed by atoms with E-state index in [0.29, 0.717) is 11.3 Å². The van der Waals surface area contributed by atoms with Crippen molar-refractivity contribution in [2.75, 3.05) is 7.11 Å². The lowest BCUT2D eigenvalue weighted by molar-refractivity contribution is -0.137. The first-order valence-electron chi connectivity index (χ1n) is 7.94. The van der Waals surface area contributed by atoms with Crippen LogP contribution in [-0.4, -0.2) is 12.9 Å². The molecule has 0 amide bonds. The first-order valence-corrected chi connectivity index (χ1v) is 8.82. The predicted octanol–water partition coefficient (Wildman–Crippen LogP) is 6.34. The molecule has 0 N–H and O–H groups in total. The highest BCUT2D eigenvalue weighted by atomic mass is 32.1. The molecule has 0 atom stereocenters. The van der Waals surface area contributed by atoms with Crippen LogP contribution >= 0.6 is 11.3 Å². The smallest absolute Gasteiger partial charge is 0.416 e. The van der Waals surface area contributed by atoms with Crippen molar-refractivity contribution in [1.82, 2.24) is 0 Å². The topological polar surface area (TPSA) is 26.3 Å². The van der Waals surface area contributed by atoms with Gasteiger partial charge in [-0.25, -0.2) is 0 Å². The van der Waals surface area contributed by atoms with Crippen LogP contribution in [0.3, 0.4) is 0 Å². The van der Waals surface area contributed by atoms with E-state index in [0.717, 1.165) is 34.7 Å². The summed E-state index contributed by atoms with van der Waals surface area (Å²) < 4.78 is 43.4. The molecule has 27 heavy (non-hydrogen) atoms. The maximum Gasteiger partial charge on any atom is 0.416 e. The van der Waals surface area contributed by atoms with Crippen LogP contribution in [-0.2, 0) is 6.18 Å².